The van der Waals surface area contributed by atoms with E-state index in [0.29, 0.717) is 44.0 Å². The van der Waals surface area contributed by atoms with Gasteiger partial charge in [-0.1, -0.05) is 83.9 Å². The molecule has 34 heavy (non-hydrogen) atoms. The first-order chi connectivity index (χ1) is 16.6. The highest BCUT2D eigenvalue weighted by Crippen LogP contribution is 2.42. The zero-order chi connectivity index (χ0) is 23.5. The highest BCUT2D eigenvalue weighted by Gasteiger charge is 2.22. The number of benzene rings is 3. The van der Waals surface area contributed by atoms with Gasteiger partial charge in [0.1, 0.15) is 28.9 Å². The van der Waals surface area contributed by atoms with Crippen molar-refractivity contribution in [2.24, 2.45) is 4.99 Å². The standard InChI is InChI=1S/C28H16Cl2N2O2/c29-20-11-13-24(30)22(15-20)25-14-12-21(33-25)17-32-28-23(16-31)26(18-7-3-1-4-8-18)27(34-28)19-9-5-2-6-10-19/h1-15,17H/b32-17+. The van der Waals surface area contributed by atoms with Gasteiger partial charge in [0.25, 0.3) is 0 Å². The minimum atomic E-state index is 0.207. The van der Waals surface area contributed by atoms with E-state index >= 15 is 0 Å². The smallest absolute Gasteiger partial charge is 0.238 e. The number of nitrogens with zero attached hydrogens (tertiary/aromatic N) is 2. The Kier molecular flexibility index (Phi) is 6.05. The number of furan rings is 2. The second-order valence-electron chi connectivity index (χ2n) is 7.41. The normalized spacial score (nSPS) is 11.1. The quantitative estimate of drug-likeness (QED) is 0.235. The third-order valence-electron chi connectivity index (χ3n) is 5.23. The van der Waals surface area contributed by atoms with Crippen LogP contribution >= 0.6 is 23.2 Å². The predicted octanol–water partition coefficient (Wildman–Crippen LogP) is 8.80. The van der Waals surface area contributed by atoms with Crippen molar-refractivity contribution in [2.75, 3.05) is 0 Å². The van der Waals surface area contributed by atoms with E-state index in [9.17, 15) is 5.26 Å². The average Bonchev–Trinajstić information content (AvgIpc) is 3.50. The van der Waals surface area contributed by atoms with Crippen LogP contribution in [-0.4, -0.2) is 6.21 Å². The topological polar surface area (TPSA) is 62.4 Å². The summed E-state index contributed by atoms with van der Waals surface area (Å²) in [6.07, 6.45) is 1.52. The summed E-state index contributed by atoms with van der Waals surface area (Å²) in [5.74, 6) is 1.83. The van der Waals surface area contributed by atoms with Crippen molar-refractivity contribution >= 4 is 35.3 Å². The summed E-state index contributed by atoms with van der Waals surface area (Å²) in [5.41, 5.74) is 3.47. The van der Waals surface area contributed by atoms with Crippen LogP contribution in [-0.2, 0) is 0 Å². The fourth-order valence-electron chi connectivity index (χ4n) is 3.66. The number of aliphatic imine (C=N–C) groups is 1. The summed E-state index contributed by atoms with van der Waals surface area (Å²) in [5, 5.41) is 11.1. The number of nitriles is 1. The SMILES string of the molecule is N#Cc1c(/N=C/c2ccc(-c3cc(Cl)ccc3Cl)o2)oc(-c2ccccc2)c1-c1ccccc1. The molecule has 0 saturated carbocycles. The van der Waals surface area contributed by atoms with Crippen LogP contribution < -0.4 is 0 Å². The van der Waals surface area contributed by atoms with Crippen LogP contribution in [0.15, 0.2) is 105 Å². The molecule has 0 amide bonds. The summed E-state index contributed by atoms with van der Waals surface area (Å²) in [4.78, 5) is 4.46. The lowest BCUT2D eigenvalue weighted by Gasteiger charge is -2.03. The second kappa shape index (κ2) is 9.44. The molecule has 0 atom stereocenters. The summed E-state index contributed by atoms with van der Waals surface area (Å²) in [7, 11) is 0. The van der Waals surface area contributed by atoms with Gasteiger partial charge in [-0.3, -0.25) is 0 Å². The van der Waals surface area contributed by atoms with E-state index in [2.05, 4.69) is 11.1 Å². The van der Waals surface area contributed by atoms with Gasteiger partial charge in [0.2, 0.25) is 5.88 Å². The molecule has 4 nitrogen and oxygen atoms in total. The van der Waals surface area contributed by atoms with Crippen LogP contribution in [0.3, 0.4) is 0 Å². The molecule has 0 aliphatic heterocycles. The van der Waals surface area contributed by atoms with Gasteiger partial charge in [-0.05, 0) is 35.9 Å². The lowest BCUT2D eigenvalue weighted by atomic mass is 9.98. The third kappa shape index (κ3) is 4.27. The summed E-state index contributed by atoms with van der Waals surface area (Å²) in [6, 6.07) is 30.3. The summed E-state index contributed by atoms with van der Waals surface area (Å²) < 4.78 is 12.0. The first-order valence-corrected chi connectivity index (χ1v) is 11.2. The van der Waals surface area contributed by atoms with Crippen LogP contribution in [0.2, 0.25) is 10.0 Å². The Bertz CT molecular complexity index is 1530. The highest BCUT2D eigenvalue weighted by molar-refractivity contribution is 6.35. The molecule has 0 fully saturated rings. The number of hydrogen-bond acceptors (Lipinski definition) is 4. The van der Waals surface area contributed by atoms with Gasteiger partial charge in [-0.2, -0.15) is 5.26 Å². The van der Waals surface area contributed by atoms with Gasteiger partial charge in [0.05, 0.1) is 11.2 Å². The largest absolute Gasteiger partial charge is 0.455 e. The fraction of sp³-hybridized carbons (Fsp3) is 0. The van der Waals surface area contributed by atoms with Crippen LogP contribution in [0, 0.1) is 11.3 Å². The van der Waals surface area contributed by atoms with Crippen molar-refractivity contribution in [1.29, 1.82) is 5.26 Å². The maximum absolute atomic E-state index is 9.99. The van der Waals surface area contributed by atoms with Gasteiger partial charge in [0.15, 0.2) is 0 Å². The van der Waals surface area contributed by atoms with Crippen LogP contribution in [0.25, 0.3) is 33.8 Å². The van der Waals surface area contributed by atoms with E-state index in [-0.39, 0.29) is 5.88 Å². The van der Waals surface area contributed by atoms with Gasteiger partial charge >= 0.3 is 0 Å². The molecule has 164 valence electrons. The van der Waals surface area contributed by atoms with E-state index in [1.807, 2.05) is 60.7 Å². The molecule has 0 bridgehead atoms. The highest BCUT2D eigenvalue weighted by atomic mass is 35.5. The molecule has 0 unspecified atom stereocenters. The first-order valence-electron chi connectivity index (χ1n) is 10.4. The van der Waals surface area contributed by atoms with Gasteiger partial charge in [-0.15, -0.1) is 0 Å². The zero-order valence-corrected chi connectivity index (χ0v) is 19.2. The number of hydrogen-bond donors (Lipinski definition) is 0. The Balaban J connectivity index is 1.56. The van der Waals surface area contributed by atoms with Crippen LogP contribution in [0.1, 0.15) is 11.3 Å². The predicted molar refractivity (Wildman–Crippen MR) is 136 cm³/mol. The molecule has 5 rings (SSSR count). The molecule has 0 saturated heterocycles. The van der Waals surface area contributed by atoms with E-state index in [1.54, 1.807) is 30.3 Å². The lowest BCUT2D eigenvalue weighted by Crippen LogP contribution is -1.83. The summed E-state index contributed by atoms with van der Waals surface area (Å²) in [6.45, 7) is 0. The first kappa shape index (κ1) is 21.8. The molecular weight excluding hydrogens is 467 g/mol. The van der Waals surface area contributed by atoms with Crippen molar-refractivity contribution in [2.45, 2.75) is 0 Å². The molecule has 6 heteroatoms. The molecule has 5 aromatic rings. The number of halogens is 2. The fourth-order valence-corrected chi connectivity index (χ4v) is 4.05. The Morgan fingerprint density at radius 3 is 2.21 bits per heavy atom. The number of rotatable bonds is 5. The molecular formula is C28H16Cl2N2O2. The molecule has 0 N–H and O–H groups in total. The molecule has 0 radical (unpaired) electrons. The third-order valence-corrected chi connectivity index (χ3v) is 5.79. The van der Waals surface area contributed by atoms with Gasteiger partial charge in [0, 0.05) is 21.7 Å². The molecule has 2 aromatic heterocycles. The van der Waals surface area contributed by atoms with E-state index in [1.165, 1.54) is 6.21 Å². The maximum atomic E-state index is 9.99. The van der Waals surface area contributed by atoms with E-state index in [0.717, 1.165) is 11.1 Å². The van der Waals surface area contributed by atoms with E-state index < -0.39 is 0 Å². The van der Waals surface area contributed by atoms with Crippen LogP contribution in [0.4, 0.5) is 5.88 Å². The molecule has 0 spiro atoms. The molecule has 3 aromatic carbocycles. The Labute approximate surface area is 206 Å². The Hall–Kier alpha value is -4.04. The summed E-state index contributed by atoms with van der Waals surface area (Å²) >= 11 is 12.4. The van der Waals surface area contributed by atoms with Gasteiger partial charge in [-0.25, -0.2) is 4.99 Å². The zero-order valence-electron chi connectivity index (χ0n) is 17.7. The van der Waals surface area contributed by atoms with E-state index in [4.69, 9.17) is 32.0 Å². The monoisotopic (exact) mass is 482 g/mol. The Morgan fingerprint density at radius 1 is 0.794 bits per heavy atom. The van der Waals surface area contributed by atoms with Crippen LogP contribution in [0.5, 0.6) is 0 Å². The molecule has 0 aliphatic carbocycles. The van der Waals surface area contributed by atoms with Crippen molar-refractivity contribution in [3.05, 3.63) is 112 Å². The Morgan fingerprint density at radius 2 is 1.50 bits per heavy atom. The minimum absolute atomic E-state index is 0.207. The maximum Gasteiger partial charge on any atom is 0.238 e. The van der Waals surface area contributed by atoms with Gasteiger partial charge < -0.3 is 8.83 Å². The van der Waals surface area contributed by atoms with Crippen molar-refractivity contribution < 1.29 is 8.83 Å². The van der Waals surface area contributed by atoms with Crippen molar-refractivity contribution in [3.8, 4) is 39.8 Å². The minimum Gasteiger partial charge on any atom is -0.455 e. The van der Waals surface area contributed by atoms with Crippen molar-refractivity contribution in [3.63, 3.8) is 0 Å². The van der Waals surface area contributed by atoms with Crippen molar-refractivity contribution in [1.82, 2.24) is 0 Å². The second-order valence-corrected chi connectivity index (χ2v) is 8.26. The lowest BCUT2D eigenvalue weighted by molar-refractivity contribution is 0.572. The average molecular weight is 483 g/mol. The molecule has 0 aliphatic rings. The molecule has 2 heterocycles.